The van der Waals surface area contributed by atoms with Crippen LogP contribution in [0.5, 0.6) is 11.5 Å². The Labute approximate surface area is 296 Å². The summed E-state index contributed by atoms with van der Waals surface area (Å²) < 4.78 is 9.65. The summed E-state index contributed by atoms with van der Waals surface area (Å²) in [6.45, 7) is -0.00747. The maximum atomic E-state index is 7.19. The van der Waals surface area contributed by atoms with Crippen molar-refractivity contribution in [1.82, 2.24) is 4.57 Å². The molecule has 0 saturated heterocycles. The Bertz CT molecular complexity index is 2840. The third-order valence-electron chi connectivity index (χ3n) is 10.9. The second kappa shape index (κ2) is 11.0. The summed E-state index contributed by atoms with van der Waals surface area (Å²) in [6.07, 6.45) is 0. The average Bonchev–Trinajstić information content (AvgIpc) is 3.55. The van der Waals surface area contributed by atoms with Gasteiger partial charge in [0.1, 0.15) is 11.5 Å². The van der Waals surface area contributed by atoms with Crippen LogP contribution in [-0.4, -0.2) is 11.3 Å². The second-order valence-corrected chi connectivity index (χ2v) is 13.6. The molecule has 0 atom stereocenters. The van der Waals surface area contributed by atoms with Crippen LogP contribution in [0.1, 0.15) is 0 Å². The quantitative estimate of drug-likeness (QED) is 0.174. The van der Waals surface area contributed by atoms with Crippen molar-refractivity contribution in [3.63, 3.8) is 0 Å². The van der Waals surface area contributed by atoms with Crippen molar-refractivity contribution >= 4 is 44.9 Å². The first kappa shape index (κ1) is 28.3. The molecule has 8 aromatic carbocycles. The minimum absolute atomic E-state index is 0.00747. The maximum Gasteiger partial charge on any atom is 0.256 e. The predicted molar refractivity (Wildman–Crippen MR) is 214 cm³/mol. The van der Waals surface area contributed by atoms with E-state index < -0.39 is 0 Å². The first-order chi connectivity index (χ1) is 25.3. The highest BCUT2D eigenvalue weighted by molar-refractivity contribution is 6.99. The van der Waals surface area contributed by atoms with E-state index in [2.05, 4.69) is 187 Å². The summed E-state index contributed by atoms with van der Waals surface area (Å²) in [5.41, 5.74) is 16.8. The Morgan fingerprint density at radius 3 is 1.75 bits per heavy atom. The van der Waals surface area contributed by atoms with E-state index in [0.717, 1.165) is 22.6 Å². The lowest BCUT2D eigenvalue weighted by molar-refractivity contribution is 0.489. The molecule has 0 fully saturated rings. The van der Waals surface area contributed by atoms with E-state index in [1.165, 1.54) is 77.3 Å². The lowest BCUT2D eigenvalue weighted by atomic mass is 9.34. The molecule has 3 heterocycles. The van der Waals surface area contributed by atoms with Gasteiger partial charge in [-0.15, -0.1) is 0 Å². The Hall–Kier alpha value is -6.58. The van der Waals surface area contributed by atoms with Crippen molar-refractivity contribution in [2.75, 3.05) is 0 Å². The number of ether oxygens (including phenoxy) is 1. The zero-order valence-electron chi connectivity index (χ0n) is 27.8. The van der Waals surface area contributed by atoms with Crippen LogP contribution in [0.25, 0.3) is 72.0 Å². The lowest BCUT2D eigenvalue weighted by Gasteiger charge is -2.34. The van der Waals surface area contributed by atoms with Crippen molar-refractivity contribution in [3.05, 3.63) is 182 Å². The first-order valence-electron chi connectivity index (χ1n) is 17.6. The van der Waals surface area contributed by atoms with E-state index in [9.17, 15) is 0 Å². The van der Waals surface area contributed by atoms with Crippen LogP contribution in [0.2, 0.25) is 0 Å². The molecule has 0 spiro atoms. The number of fused-ring (bicyclic) bond motifs is 7. The second-order valence-electron chi connectivity index (χ2n) is 13.6. The maximum absolute atomic E-state index is 7.19. The molecule has 236 valence electrons. The summed E-state index contributed by atoms with van der Waals surface area (Å²) in [7, 11) is 0. The largest absolute Gasteiger partial charge is 0.458 e. The van der Waals surface area contributed by atoms with E-state index in [1.807, 2.05) is 0 Å². The average molecular weight is 648 g/mol. The van der Waals surface area contributed by atoms with E-state index in [0.29, 0.717) is 0 Å². The van der Waals surface area contributed by atoms with Crippen LogP contribution in [0.4, 0.5) is 0 Å². The molecule has 2 aliphatic rings. The van der Waals surface area contributed by atoms with Gasteiger partial charge in [0.25, 0.3) is 6.71 Å². The van der Waals surface area contributed by atoms with Crippen molar-refractivity contribution < 1.29 is 4.74 Å². The minimum atomic E-state index is -0.00747. The van der Waals surface area contributed by atoms with Crippen LogP contribution < -0.4 is 21.1 Å². The summed E-state index contributed by atoms with van der Waals surface area (Å²) in [5, 5.41) is 2.56. The lowest BCUT2D eigenvalue weighted by Crippen LogP contribution is -2.58. The number of hydrogen-bond acceptors (Lipinski definition) is 1. The molecule has 0 aliphatic carbocycles. The molecule has 1 aromatic heterocycles. The predicted octanol–water partition coefficient (Wildman–Crippen LogP) is 10.4. The molecule has 0 bridgehead atoms. The zero-order valence-corrected chi connectivity index (χ0v) is 27.8. The number of para-hydroxylation sites is 2. The van der Waals surface area contributed by atoms with Gasteiger partial charge in [-0.3, -0.25) is 0 Å². The van der Waals surface area contributed by atoms with Crippen molar-refractivity contribution in [2.45, 2.75) is 0 Å². The van der Waals surface area contributed by atoms with Gasteiger partial charge in [0.2, 0.25) is 0 Å². The van der Waals surface area contributed by atoms with Crippen molar-refractivity contribution in [1.29, 1.82) is 0 Å². The van der Waals surface area contributed by atoms with E-state index in [4.69, 9.17) is 4.74 Å². The van der Waals surface area contributed by atoms with Gasteiger partial charge < -0.3 is 9.30 Å². The van der Waals surface area contributed by atoms with Gasteiger partial charge >= 0.3 is 0 Å². The topological polar surface area (TPSA) is 14.2 Å². The zero-order chi connectivity index (χ0) is 33.5. The highest BCUT2D eigenvalue weighted by Crippen LogP contribution is 2.45. The molecule has 9 aromatic rings. The molecular weight excluding hydrogens is 617 g/mol. The number of aromatic nitrogens is 1. The van der Waals surface area contributed by atoms with Gasteiger partial charge in [0.05, 0.1) is 5.52 Å². The fraction of sp³-hybridized carbons (Fsp3) is 0. The molecule has 0 saturated carbocycles. The summed E-state index contributed by atoms with van der Waals surface area (Å²) in [5.74, 6) is 1.84. The highest BCUT2D eigenvalue weighted by Gasteiger charge is 2.41. The number of hydrogen-bond donors (Lipinski definition) is 0. The van der Waals surface area contributed by atoms with Crippen LogP contribution in [0.15, 0.2) is 182 Å². The van der Waals surface area contributed by atoms with Crippen LogP contribution in [-0.2, 0) is 0 Å². The van der Waals surface area contributed by atoms with Gasteiger partial charge in [-0.2, -0.15) is 0 Å². The Kier molecular flexibility index (Phi) is 6.08. The van der Waals surface area contributed by atoms with Gasteiger partial charge in [0.15, 0.2) is 0 Å². The SMILES string of the molecule is c1ccc(-c2ccccc2-c2cc3c(c(-c4ccccc4-c4ccccc4)c2)Oc2cccc4c2B3c2cccc3c5ccccc5n-4c23)cc1. The normalized spacial score (nSPS) is 12.4. The fourth-order valence-electron chi connectivity index (χ4n) is 8.75. The van der Waals surface area contributed by atoms with Gasteiger partial charge in [-0.1, -0.05) is 158 Å². The summed E-state index contributed by atoms with van der Waals surface area (Å²) in [6, 6.07) is 66.0. The van der Waals surface area contributed by atoms with E-state index in [1.54, 1.807) is 0 Å². The molecule has 0 unspecified atom stereocenters. The van der Waals surface area contributed by atoms with Gasteiger partial charge in [0, 0.05) is 27.5 Å². The van der Waals surface area contributed by atoms with Crippen LogP contribution in [0.3, 0.4) is 0 Å². The van der Waals surface area contributed by atoms with Crippen molar-refractivity contribution in [2.24, 2.45) is 0 Å². The number of rotatable bonds is 4. The Balaban J connectivity index is 1.26. The summed E-state index contributed by atoms with van der Waals surface area (Å²) in [4.78, 5) is 0. The highest BCUT2D eigenvalue weighted by atomic mass is 16.5. The van der Waals surface area contributed by atoms with E-state index in [-0.39, 0.29) is 6.71 Å². The van der Waals surface area contributed by atoms with Gasteiger partial charge in [-0.25, -0.2) is 0 Å². The third-order valence-corrected chi connectivity index (χ3v) is 10.9. The molecule has 11 rings (SSSR count). The smallest absolute Gasteiger partial charge is 0.256 e. The first-order valence-corrected chi connectivity index (χ1v) is 17.6. The molecule has 51 heavy (non-hydrogen) atoms. The molecule has 2 nitrogen and oxygen atoms in total. The van der Waals surface area contributed by atoms with Crippen molar-refractivity contribution in [3.8, 4) is 61.7 Å². The molecule has 0 amide bonds. The fourth-order valence-corrected chi connectivity index (χ4v) is 8.75. The minimum Gasteiger partial charge on any atom is -0.458 e. The Morgan fingerprint density at radius 2 is 1.00 bits per heavy atom. The van der Waals surface area contributed by atoms with E-state index >= 15 is 0 Å². The number of nitrogens with zero attached hydrogens (tertiary/aromatic N) is 1. The monoisotopic (exact) mass is 647 g/mol. The Morgan fingerprint density at radius 1 is 0.412 bits per heavy atom. The molecule has 2 aliphatic heterocycles. The standard InChI is InChI=1S/C48H30BNO/c1-3-15-31(16-4-1)34-19-7-8-21-36(34)33-29-40(37-22-10-9-20-35(37)32-17-5-2-6-18-32)48-42(30-33)49-41-25-13-24-39-38-23-11-12-26-43(38)50(47(39)41)44-27-14-28-45(51-48)46(44)49/h1-30H. The van der Waals surface area contributed by atoms with Crippen LogP contribution in [0, 0.1) is 0 Å². The molecule has 3 heteroatoms. The molecule has 0 N–H and O–H groups in total. The number of benzene rings is 8. The van der Waals surface area contributed by atoms with Crippen LogP contribution >= 0.6 is 0 Å². The van der Waals surface area contributed by atoms with Gasteiger partial charge in [-0.05, 0) is 79.6 Å². The summed E-state index contributed by atoms with van der Waals surface area (Å²) >= 11 is 0. The molecule has 0 radical (unpaired) electrons. The molecular formula is C48H30BNO. The third kappa shape index (κ3) is 4.12.